The zero-order valence-electron chi connectivity index (χ0n) is 14.0. The van der Waals surface area contributed by atoms with Crippen LogP contribution in [0.4, 0.5) is 14.5 Å². The van der Waals surface area contributed by atoms with Gasteiger partial charge in [0.1, 0.15) is 11.6 Å². The first kappa shape index (κ1) is 18.0. The van der Waals surface area contributed by atoms with Crippen molar-refractivity contribution in [3.05, 3.63) is 65.7 Å². The number of anilines is 1. The molecule has 0 aromatic heterocycles. The molecule has 0 unspecified atom stereocenters. The zero-order valence-corrected chi connectivity index (χ0v) is 14.0. The maximum atomic E-state index is 13.4. The smallest absolute Gasteiger partial charge is 0.257 e. The monoisotopic (exact) mass is 359 g/mol. The number of nitrogens with zero attached hydrogens (tertiary/aromatic N) is 1. The number of benzene rings is 2. The second kappa shape index (κ2) is 8.53. The van der Waals surface area contributed by atoms with E-state index in [9.17, 15) is 13.6 Å². The SMILES string of the molecule is O=C(NC(=NC[C@H]1CCCO1)Nc1cccc(F)c1)c1ccc(F)cc1. The molecule has 0 saturated carbocycles. The average molecular weight is 359 g/mol. The van der Waals surface area contributed by atoms with Gasteiger partial charge in [-0.25, -0.2) is 13.8 Å². The summed E-state index contributed by atoms with van der Waals surface area (Å²) in [6.07, 6.45) is 1.89. The first-order valence-electron chi connectivity index (χ1n) is 8.36. The van der Waals surface area contributed by atoms with Gasteiger partial charge >= 0.3 is 0 Å². The number of halogens is 2. The number of rotatable bonds is 4. The number of nitrogens with one attached hydrogen (secondary N) is 2. The molecule has 3 rings (SSSR count). The Hall–Kier alpha value is -2.80. The van der Waals surface area contributed by atoms with E-state index in [1.54, 1.807) is 12.1 Å². The highest BCUT2D eigenvalue weighted by Gasteiger charge is 2.16. The van der Waals surface area contributed by atoms with Crippen LogP contribution in [0.15, 0.2) is 53.5 Å². The fraction of sp³-hybridized carbons (Fsp3) is 0.263. The van der Waals surface area contributed by atoms with Crippen molar-refractivity contribution in [1.82, 2.24) is 5.32 Å². The largest absolute Gasteiger partial charge is 0.376 e. The number of amides is 1. The van der Waals surface area contributed by atoms with Gasteiger partial charge in [0.25, 0.3) is 5.91 Å². The average Bonchev–Trinajstić information content (AvgIpc) is 3.14. The summed E-state index contributed by atoms with van der Waals surface area (Å²) in [5.74, 6) is -1.09. The van der Waals surface area contributed by atoms with Crippen LogP contribution in [0, 0.1) is 11.6 Å². The quantitative estimate of drug-likeness (QED) is 0.650. The maximum Gasteiger partial charge on any atom is 0.257 e. The third-order valence-corrected chi connectivity index (χ3v) is 3.90. The standard InChI is InChI=1S/C19H19F2N3O2/c20-14-8-6-13(7-9-14)18(25)24-19(22-12-17-5-2-10-26-17)23-16-4-1-3-15(21)11-16/h1,3-4,6-9,11,17H,2,5,10,12H2,(H2,22,23,24,25)/t17-/m1/s1. The minimum Gasteiger partial charge on any atom is -0.376 e. The summed E-state index contributed by atoms with van der Waals surface area (Å²) >= 11 is 0. The molecule has 1 heterocycles. The second-order valence-electron chi connectivity index (χ2n) is 5.92. The highest BCUT2D eigenvalue weighted by atomic mass is 19.1. The van der Waals surface area contributed by atoms with Gasteiger partial charge in [-0.2, -0.15) is 0 Å². The lowest BCUT2D eigenvalue weighted by atomic mass is 10.2. The van der Waals surface area contributed by atoms with Crippen molar-refractivity contribution in [2.45, 2.75) is 18.9 Å². The van der Waals surface area contributed by atoms with Gasteiger partial charge in [-0.15, -0.1) is 0 Å². The molecule has 7 heteroatoms. The van der Waals surface area contributed by atoms with Crippen LogP contribution in [-0.2, 0) is 4.74 Å². The Labute approximate surface area is 150 Å². The van der Waals surface area contributed by atoms with E-state index >= 15 is 0 Å². The van der Waals surface area contributed by atoms with Gasteiger partial charge in [0.2, 0.25) is 5.96 Å². The number of hydrogen-bond donors (Lipinski definition) is 2. The number of ether oxygens (including phenoxy) is 1. The van der Waals surface area contributed by atoms with Crippen molar-refractivity contribution >= 4 is 17.6 Å². The Morgan fingerprint density at radius 2 is 1.96 bits per heavy atom. The molecule has 5 nitrogen and oxygen atoms in total. The van der Waals surface area contributed by atoms with Crippen LogP contribution in [0.5, 0.6) is 0 Å². The van der Waals surface area contributed by atoms with E-state index in [1.807, 2.05) is 0 Å². The summed E-state index contributed by atoms with van der Waals surface area (Å²) in [6.45, 7) is 1.08. The molecule has 2 N–H and O–H groups in total. The molecule has 2 aromatic rings. The van der Waals surface area contributed by atoms with Crippen molar-refractivity contribution in [2.24, 2.45) is 4.99 Å². The van der Waals surface area contributed by atoms with Crippen molar-refractivity contribution < 1.29 is 18.3 Å². The normalized spacial score (nSPS) is 17.2. The summed E-state index contributed by atoms with van der Waals surface area (Å²) in [5.41, 5.74) is 0.743. The number of carbonyl (C=O) groups is 1. The van der Waals surface area contributed by atoms with Gasteiger partial charge in [0.15, 0.2) is 0 Å². The van der Waals surface area contributed by atoms with Crippen LogP contribution in [0.3, 0.4) is 0 Å². The molecule has 0 bridgehead atoms. The van der Waals surface area contributed by atoms with E-state index in [1.165, 1.54) is 36.4 Å². The van der Waals surface area contributed by atoms with E-state index in [0.717, 1.165) is 12.8 Å². The first-order valence-corrected chi connectivity index (χ1v) is 8.36. The molecule has 136 valence electrons. The second-order valence-corrected chi connectivity index (χ2v) is 5.92. The number of guanidine groups is 1. The molecule has 0 spiro atoms. The summed E-state index contributed by atoms with van der Waals surface area (Å²) in [4.78, 5) is 16.7. The molecule has 26 heavy (non-hydrogen) atoms. The molecule has 0 aliphatic carbocycles. The van der Waals surface area contributed by atoms with E-state index in [4.69, 9.17) is 4.74 Å². The highest BCUT2D eigenvalue weighted by Crippen LogP contribution is 2.13. The van der Waals surface area contributed by atoms with Crippen LogP contribution < -0.4 is 10.6 Å². The van der Waals surface area contributed by atoms with Gasteiger partial charge in [-0.05, 0) is 55.3 Å². The molecule has 2 aromatic carbocycles. The molecular formula is C19H19F2N3O2. The van der Waals surface area contributed by atoms with E-state index in [-0.39, 0.29) is 17.6 Å². The van der Waals surface area contributed by atoms with Crippen LogP contribution in [0.1, 0.15) is 23.2 Å². The van der Waals surface area contributed by atoms with Crippen molar-refractivity contribution in [3.63, 3.8) is 0 Å². The Bertz CT molecular complexity index is 788. The highest BCUT2D eigenvalue weighted by molar-refractivity contribution is 6.09. The van der Waals surface area contributed by atoms with Gasteiger partial charge in [-0.3, -0.25) is 10.1 Å². The fourth-order valence-corrected chi connectivity index (χ4v) is 2.58. The van der Waals surface area contributed by atoms with Crippen LogP contribution >= 0.6 is 0 Å². The first-order chi connectivity index (χ1) is 12.6. The molecule has 1 fully saturated rings. The van der Waals surface area contributed by atoms with Crippen molar-refractivity contribution in [3.8, 4) is 0 Å². The molecule has 1 aliphatic heterocycles. The predicted octanol–water partition coefficient (Wildman–Crippen LogP) is 3.34. The van der Waals surface area contributed by atoms with E-state index in [0.29, 0.717) is 18.8 Å². The van der Waals surface area contributed by atoms with Crippen molar-refractivity contribution in [1.29, 1.82) is 0 Å². The Kier molecular flexibility index (Phi) is 5.91. The van der Waals surface area contributed by atoms with Gasteiger partial charge in [-0.1, -0.05) is 6.07 Å². The fourth-order valence-electron chi connectivity index (χ4n) is 2.58. The minimum atomic E-state index is -0.444. The molecule has 1 atom stereocenters. The zero-order chi connectivity index (χ0) is 18.4. The summed E-state index contributed by atoms with van der Waals surface area (Å²) in [6, 6.07) is 11.0. The molecule has 0 radical (unpaired) electrons. The predicted molar refractivity (Wildman–Crippen MR) is 95.2 cm³/mol. The number of hydrogen-bond acceptors (Lipinski definition) is 3. The Morgan fingerprint density at radius 1 is 1.15 bits per heavy atom. The number of carbonyl (C=O) groups excluding carboxylic acids is 1. The summed E-state index contributed by atoms with van der Waals surface area (Å²) < 4.78 is 31.9. The lowest BCUT2D eigenvalue weighted by Gasteiger charge is -2.13. The summed E-state index contributed by atoms with van der Waals surface area (Å²) in [7, 11) is 0. The number of aliphatic imine (C=N–C) groups is 1. The topological polar surface area (TPSA) is 62.7 Å². The van der Waals surface area contributed by atoms with Gasteiger partial charge in [0.05, 0.1) is 12.6 Å². The van der Waals surface area contributed by atoms with E-state index in [2.05, 4.69) is 15.6 Å². The Morgan fingerprint density at radius 3 is 2.65 bits per heavy atom. The lowest BCUT2D eigenvalue weighted by Crippen LogP contribution is -2.36. The van der Waals surface area contributed by atoms with Crippen LogP contribution in [0.2, 0.25) is 0 Å². The molecule has 1 aliphatic rings. The Balaban J connectivity index is 1.73. The lowest BCUT2D eigenvalue weighted by molar-refractivity contribution is 0.0975. The third kappa shape index (κ3) is 5.10. The van der Waals surface area contributed by atoms with Crippen LogP contribution in [-0.4, -0.2) is 31.1 Å². The van der Waals surface area contributed by atoms with E-state index < -0.39 is 17.5 Å². The van der Waals surface area contributed by atoms with Crippen molar-refractivity contribution in [2.75, 3.05) is 18.5 Å². The molecule has 1 amide bonds. The maximum absolute atomic E-state index is 13.4. The van der Waals surface area contributed by atoms with Gasteiger partial charge < -0.3 is 10.1 Å². The van der Waals surface area contributed by atoms with Crippen LogP contribution in [0.25, 0.3) is 0 Å². The minimum absolute atomic E-state index is 0.00188. The molecule has 1 saturated heterocycles. The summed E-state index contributed by atoms with van der Waals surface area (Å²) in [5, 5.41) is 5.55. The molecular weight excluding hydrogens is 340 g/mol. The van der Waals surface area contributed by atoms with Gasteiger partial charge in [0, 0.05) is 17.9 Å². The third-order valence-electron chi connectivity index (χ3n) is 3.90.